The number of hydrogen-bond donors (Lipinski definition) is 2. The van der Waals surface area contributed by atoms with Crippen molar-refractivity contribution in [2.75, 3.05) is 11.9 Å². The standard InChI is InChI=1S/C23H20N2O4/c26-21(27)15-29-18-12-10-17(11-13-18)22-24-20-9-5-4-8-19(20)23(28)25(22)14-16-6-2-1-3-7-16/h1-13,22,24H,14-15H2,(H,26,27)/t22-/m0/s1. The van der Waals surface area contributed by atoms with E-state index in [1.165, 1.54) is 0 Å². The lowest BCUT2D eigenvalue weighted by Crippen LogP contribution is -2.42. The monoisotopic (exact) mass is 388 g/mol. The van der Waals surface area contributed by atoms with Gasteiger partial charge in [0.2, 0.25) is 0 Å². The first-order valence-corrected chi connectivity index (χ1v) is 9.27. The topological polar surface area (TPSA) is 78.9 Å². The Morgan fingerprint density at radius 3 is 2.38 bits per heavy atom. The number of rotatable bonds is 6. The summed E-state index contributed by atoms with van der Waals surface area (Å²) in [4.78, 5) is 25.7. The minimum Gasteiger partial charge on any atom is -0.482 e. The number of nitrogens with zero attached hydrogens (tertiary/aromatic N) is 1. The summed E-state index contributed by atoms with van der Waals surface area (Å²) >= 11 is 0. The Morgan fingerprint density at radius 2 is 1.66 bits per heavy atom. The average molecular weight is 388 g/mol. The number of aliphatic carboxylic acids is 1. The molecule has 3 aromatic carbocycles. The van der Waals surface area contributed by atoms with E-state index in [1.54, 1.807) is 17.0 Å². The lowest BCUT2D eigenvalue weighted by Gasteiger charge is -2.38. The van der Waals surface area contributed by atoms with E-state index in [1.807, 2.05) is 66.7 Å². The van der Waals surface area contributed by atoms with E-state index < -0.39 is 12.6 Å². The van der Waals surface area contributed by atoms with E-state index in [0.717, 1.165) is 16.8 Å². The zero-order valence-corrected chi connectivity index (χ0v) is 15.6. The van der Waals surface area contributed by atoms with E-state index in [4.69, 9.17) is 9.84 Å². The number of carbonyl (C=O) groups excluding carboxylic acids is 1. The van der Waals surface area contributed by atoms with Crippen LogP contribution in [0.25, 0.3) is 0 Å². The van der Waals surface area contributed by atoms with E-state index >= 15 is 0 Å². The van der Waals surface area contributed by atoms with Crippen molar-refractivity contribution in [3.05, 3.63) is 95.6 Å². The van der Waals surface area contributed by atoms with Crippen LogP contribution in [0.1, 0.15) is 27.7 Å². The minimum absolute atomic E-state index is 0.0422. The fourth-order valence-corrected chi connectivity index (χ4v) is 3.39. The molecule has 3 aromatic rings. The van der Waals surface area contributed by atoms with Gasteiger partial charge in [-0.2, -0.15) is 0 Å². The number of ether oxygens (including phenoxy) is 1. The minimum atomic E-state index is -1.03. The molecule has 0 saturated carbocycles. The lowest BCUT2D eigenvalue weighted by molar-refractivity contribution is -0.139. The van der Waals surface area contributed by atoms with Crippen LogP contribution in [0.15, 0.2) is 78.9 Å². The Labute approximate surface area is 168 Å². The first-order valence-electron chi connectivity index (χ1n) is 9.27. The van der Waals surface area contributed by atoms with Crippen LogP contribution in [-0.2, 0) is 11.3 Å². The average Bonchev–Trinajstić information content (AvgIpc) is 2.75. The maximum atomic E-state index is 13.2. The SMILES string of the molecule is O=C(O)COc1ccc([C@H]2Nc3ccccc3C(=O)N2Cc2ccccc2)cc1. The van der Waals surface area contributed by atoms with E-state index in [-0.39, 0.29) is 12.1 Å². The van der Waals surface area contributed by atoms with Gasteiger partial charge in [-0.05, 0) is 35.4 Å². The number of carbonyl (C=O) groups is 2. The van der Waals surface area contributed by atoms with Crippen molar-refractivity contribution in [3.63, 3.8) is 0 Å². The molecule has 0 spiro atoms. The summed E-state index contributed by atoms with van der Waals surface area (Å²) < 4.78 is 5.21. The molecule has 1 amide bonds. The zero-order chi connectivity index (χ0) is 20.2. The number of nitrogens with one attached hydrogen (secondary N) is 1. The number of para-hydroxylation sites is 1. The van der Waals surface area contributed by atoms with Gasteiger partial charge < -0.3 is 20.1 Å². The predicted octanol–water partition coefficient (Wildman–Crippen LogP) is 3.92. The van der Waals surface area contributed by atoms with Crippen molar-refractivity contribution >= 4 is 17.6 Å². The fourth-order valence-electron chi connectivity index (χ4n) is 3.39. The van der Waals surface area contributed by atoms with Crippen molar-refractivity contribution in [1.29, 1.82) is 0 Å². The molecule has 2 N–H and O–H groups in total. The highest BCUT2D eigenvalue weighted by Gasteiger charge is 2.32. The summed E-state index contributed by atoms with van der Waals surface area (Å²) in [5.74, 6) is -0.605. The number of fused-ring (bicyclic) bond motifs is 1. The molecular formula is C23H20N2O4. The van der Waals surface area contributed by atoms with Crippen molar-refractivity contribution in [3.8, 4) is 5.75 Å². The van der Waals surface area contributed by atoms with Crippen LogP contribution >= 0.6 is 0 Å². The van der Waals surface area contributed by atoms with E-state index in [2.05, 4.69) is 5.32 Å². The molecule has 0 radical (unpaired) electrons. The van der Waals surface area contributed by atoms with Gasteiger partial charge in [-0.25, -0.2) is 4.79 Å². The van der Waals surface area contributed by atoms with Gasteiger partial charge in [0.05, 0.1) is 5.56 Å². The summed E-state index contributed by atoms with van der Waals surface area (Å²) in [6.07, 6.45) is -0.355. The highest BCUT2D eigenvalue weighted by molar-refractivity contribution is 6.01. The van der Waals surface area contributed by atoms with Gasteiger partial charge in [0.25, 0.3) is 5.91 Å². The van der Waals surface area contributed by atoms with Gasteiger partial charge in [-0.3, -0.25) is 4.79 Å². The number of carboxylic acids is 1. The molecule has 0 saturated heterocycles. The predicted molar refractivity (Wildman–Crippen MR) is 109 cm³/mol. The molecule has 1 aliphatic rings. The summed E-state index contributed by atoms with van der Waals surface area (Å²) in [5, 5.41) is 12.2. The first kappa shape index (κ1) is 18.6. The normalized spacial score (nSPS) is 15.4. The Kier molecular flexibility index (Phi) is 5.16. The van der Waals surface area contributed by atoms with Crippen LogP contribution in [0.4, 0.5) is 5.69 Å². The van der Waals surface area contributed by atoms with Gasteiger partial charge in [0.1, 0.15) is 11.9 Å². The largest absolute Gasteiger partial charge is 0.482 e. The second kappa shape index (κ2) is 8.06. The third kappa shape index (κ3) is 4.06. The molecule has 1 aliphatic heterocycles. The summed E-state index contributed by atoms with van der Waals surface area (Å²) in [7, 11) is 0. The smallest absolute Gasteiger partial charge is 0.341 e. The van der Waals surface area contributed by atoms with Crippen molar-refractivity contribution in [2.24, 2.45) is 0 Å². The molecule has 0 unspecified atom stereocenters. The third-order valence-electron chi connectivity index (χ3n) is 4.78. The molecule has 6 nitrogen and oxygen atoms in total. The van der Waals surface area contributed by atoms with Gasteiger partial charge >= 0.3 is 5.97 Å². The Morgan fingerprint density at radius 1 is 0.966 bits per heavy atom. The molecule has 146 valence electrons. The van der Waals surface area contributed by atoms with Gasteiger partial charge in [0, 0.05) is 12.2 Å². The Hall–Kier alpha value is -3.80. The second-order valence-corrected chi connectivity index (χ2v) is 6.76. The number of hydrogen-bond acceptors (Lipinski definition) is 4. The summed E-state index contributed by atoms with van der Waals surface area (Å²) in [6.45, 7) is 0.0654. The van der Waals surface area contributed by atoms with Crippen LogP contribution in [0, 0.1) is 0 Å². The molecule has 0 fully saturated rings. The van der Waals surface area contributed by atoms with Gasteiger partial charge in [-0.15, -0.1) is 0 Å². The Balaban J connectivity index is 1.65. The first-order chi connectivity index (χ1) is 14.1. The van der Waals surface area contributed by atoms with Crippen LogP contribution < -0.4 is 10.1 Å². The maximum Gasteiger partial charge on any atom is 0.341 e. The quantitative estimate of drug-likeness (QED) is 0.669. The molecule has 4 rings (SSSR count). The highest BCUT2D eigenvalue weighted by Crippen LogP contribution is 2.34. The molecule has 6 heteroatoms. The van der Waals surface area contributed by atoms with Crippen LogP contribution in [0.2, 0.25) is 0 Å². The zero-order valence-electron chi connectivity index (χ0n) is 15.6. The van der Waals surface area contributed by atoms with E-state index in [9.17, 15) is 9.59 Å². The maximum absolute atomic E-state index is 13.2. The summed E-state index contributed by atoms with van der Waals surface area (Å²) in [5.41, 5.74) is 3.35. The molecular weight excluding hydrogens is 368 g/mol. The van der Waals surface area contributed by atoms with Gasteiger partial charge in [0.15, 0.2) is 6.61 Å². The lowest BCUT2D eigenvalue weighted by atomic mass is 10.0. The molecule has 1 heterocycles. The van der Waals surface area contributed by atoms with Gasteiger partial charge in [-0.1, -0.05) is 54.6 Å². The van der Waals surface area contributed by atoms with Crippen molar-refractivity contribution in [2.45, 2.75) is 12.7 Å². The third-order valence-corrected chi connectivity index (χ3v) is 4.78. The Bertz CT molecular complexity index is 1020. The van der Waals surface area contributed by atoms with E-state index in [0.29, 0.717) is 17.9 Å². The molecule has 29 heavy (non-hydrogen) atoms. The molecule has 0 bridgehead atoms. The molecule has 0 aliphatic carbocycles. The fraction of sp³-hybridized carbons (Fsp3) is 0.130. The second-order valence-electron chi connectivity index (χ2n) is 6.76. The number of benzene rings is 3. The van der Waals surface area contributed by atoms with Crippen LogP contribution in [-0.4, -0.2) is 28.5 Å². The number of amides is 1. The number of carboxylic acid groups (broad SMARTS) is 1. The number of anilines is 1. The summed E-state index contributed by atoms with van der Waals surface area (Å²) in [6, 6.07) is 24.4. The molecule has 1 atom stereocenters. The van der Waals surface area contributed by atoms with Crippen molar-refractivity contribution in [1.82, 2.24) is 4.90 Å². The molecule has 0 aromatic heterocycles. The van der Waals surface area contributed by atoms with Crippen molar-refractivity contribution < 1.29 is 19.4 Å². The van der Waals surface area contributed by atoms with Crippen LogP contribution in [0.3, 0.4) is 0 Å². The van der Waals surface area contributed by atoms with Crippen LogP contribution in [0.5, 0.6) is 5.75 Å². The highest BCUT2D eigenvalue weighted by atomic mass is 16.5.